The summed E-state index contributed by atoms with van der Waals surface area (Å²) in [4.78, 5) is 2.49. The Morgan fingerprint density at radius 1 is 0.853 bits per heavy atom. The standard InChI is InChI=1S/C32H22N2/c33-20-23-13-12-22-16-19-25(29-9-5-8-26(23)32(22)29)21-14-17-24(18-15-21)34-30-10-3-1-6-27(30)28-7-2-4-11-31(28)34/h1-8,10,12-19,31H,9,11H2. The van der Waals surface area contributed by atoms with Crippen molar-refractivity contribution in [2.24, 2.45) is 0 Å². The Labute approximate surface area is 199 Å². The van der Waals surface area contributed by atoms with E-state index in [2.05, 4.69) is 108 Å². The highest BCUT2D eigenvalue weighted by molar-refractivity contribution is 6.01. The van der Waals surface area contributed by atoms with Crippen LogP contribution in [-0.2, 0) is 6.42 Å². The van der Waals surface area contributed by atoms with Crippen molar-refractivity contribution >= 4 is 33.8 Å². The topological polar surface area (TPSA) is 27.0 Å². The summed E-state index contributed by atoms with van der Waals surface area (Å²) in [6.45, 7) is 0. The molecule has 4 aromatic carbocycles. The van der Waals surface area contributed by atoms with E-state index in [0.717, 1.165) is 24.0 Å². The fourth-order valence-electron chi connectivity index (χ4n) is 5.92. The van der Waals surface area contributed by atoms with Crippen LogP contribution in [0.1, 0.15) is 28.7 Å². The van der Waals surface area contributed by atoms with Gasteiger partial charge in [0.15, 0.2) is 0 Å². The molecule has 160 valence electrons. The number of nitriles is 1. The van der Waals surface area contributed by atoms with Crippen LogP contribution in [0.25, 0.3) is 33.5 Å². The Hall–Kier alpha value is -4.35. The van der Waals surface area contributed by atoms with E-state index >= 15 is 0 Å². The fourth-order valence-corrected chi connectivity index (χ4v) is 5.92. The Bertz CT molecular complexity index is 1610. The maximum absolute atomic E-state index is 9.60. The van der Waals surface area contributed by atoms with Gasteiger partial charge >= 0.3 is 0 Å². The van der Waals surface area contributed by atoms with Crippen LogP contribution in [0.4, 0.5) is 11.4 Å². The van der Waals surface area contributed by atoms with E-state index in [9.17, 15) is 5.26 Å². The van der Waals surface area contributed by atoms with Gasteiger partial charge in [-0.05, 0) is 70.1 Å². The molecular formula is C32H22N2. The summed E-state index contributed by atoms with van der Waals surface area (Å²) >= 11 is 0. The van der Waals surface area contributed by atoms with Crippen LogP contribution in [0, 0.1) is 11.3 Å². The molecule has 7 rings (SSSR count). The van der Waals surface area contributed by atoms with Gasteiger partial charge in [0.25, 0.3) is 0 Å². The van der Waals surface area contributed by atoms with E-state index in [1.54, 1.807) is 0 Å². The molecule has 1 aliphatic heterocycles. The molecule has 1 atom stereocenters. The molecular weight excluding hydrogens is 412 g/mol. The molecule has 2 heteroatoms. The summed E-state index contributed by atoms with van der Waals surface area (Å²) < 4.78 is 0. The van der Waals surface area contributed by atoms with Crippen LogP contribution in [-0.4, -0.2) is 6.04 Å². The van der Waals surface area contributed by atoms with Gasteiger partial charge in [0.1, 0.15) is 0 Å². The number of allylic oxidation sites excluding steroid dienone is 3. The second-order valence-electron chi connectivity index (χ2n) is 9.17. The van der Waals surface area contributed by atoms with Crippen LogP contribution in [0.5, 0.6) is 0 Å². The van der Waals surface area contributed by atoms with E-state index in [-0.39, 0.29) is 0 Å². The van der Waals surface area contributed by atoms with Crippen molar-refractivity contribution < 1.29 is 0 Å². The minimum atomic E-state index is 0.354. The molecule has 0 saturated carbocycles. The first-order chi connectivity index (χ1) is 16.8. The molecule has 0 bridgehead atoms. The molecule has 1 heterocycles. The molecule has 0 N–H and O–H groups in total. The van der Waals surface area contributed by atoms with Gasteiger partial charge < -0.3 is 4.90 Å². The monoisotopic (exact) mass is 434 g/mol. The first-order valence-electron chi connectivity index (χ1n) is 11.8. The maximum atomic E-state index is 9.60. The first-order valence-corrected chi connectivity index (χ1v) is 11.8. The molecule has 0 amide bonds. The number of hydrogen-bond donors (Lipinski definition) is 0. The van der Waals surface area contributed by atoms with Crippen LogP contribution in [0.15, 0.2) is 97.1 Å². The van der Waals surface area contributed by atoms with Crippen molar-refractivity contribution in [3.8, 4) is 17.2 Å². The molecule has 1 unspecified atom stereocenters. The molecule has 0 fully saturated rings. The van der Waals surface area contributed by atoms with Gasteiger partial charge in [-0.1, -0.05) is 78.9 Å². The summed E-state index contributed by atoms with van der Waals surface area (Å²) in [5.41, 5.74) is 10.8. The van der Waals surface area contributed by atoms with Crippen molar-refractivity contribution in [2.75, 3.05) is 4.90 Å². The highest BCUT2D eigenvalue weighted by Gasteiger charge is 2.34. The Kier molecular flexibility index (Phi) is 4.13. The van der Waals surface area contributed by atoms with Gasteiger partial charge in [-0.15, -0.1) is 0 Å². The van der Waals surface area contributed by atoms with Crippen molar-refractivity contribution in [1.82, 2.24) is 0 Å². The number of fused-ring (bicyclic) bond motifs is 3. The average molecular weight is 435 g/mol. The largest absolute Gasteiger partial charge is 0.333 e. The number of para-hydroxylation sites is 1. The second kappa shape index (κ2) is 7.33. The van der Waals surface area contributed by atoms with Crippen molar-refractivity contribution in [1.29, 1.82) is 5.26 Å². The molecule has 4 aromatic rings. The maximum Gasteiger partial charge on any atom is 0.0998 e. The Morgan fingerprint density at radius 3 is 2.59 bits per heavy atom. The van der Waals surface area contributed by atoms with Crippen LogP contribution >= 0.6 is 0 Å². The van der Waals surface area contributed by atoms with E-state index in [4.69, 9.17) is 0 Å². The lowest BCUT2D eigenvalue weighted by Crippen LogP contribution is -2.26. The van der Waals surface area contributed by atoms with Crippen LogP contribution in [0.3, 0.4) is 0 Å². The average Bonchev–Trinajstić information content (AvgIpc) is 3.24. The molecule has 0 saturated heterocycles. The molecule has 0 aromatic heterocycles. The van der Waals surface area contributed by atoms with Gasteiger partial charge in [-0.3, -0.25) is 0 Å². The summed E-state index contributed by atoms with van der Waals surface area (Å²) in [7, 11) is 0. The quantitative estimate of drug-likeness (QED) is 0.322. The minimum Gasteiger partial charge on any atom is -0.333 e. The smallest absolute Gasteiger partial charge is 0.0998 e. The first kappa shape index (κ1) is 19.1. The third-order valence-corrected chi connectivity index (χ3v) is 7.43. The lowest BCUT2D eigenvalue weighted by atomic mass is 9.85. The zero-order chi connectivity index (χ0) is 22.6. The molecule has 3 aliphatic rings. The summed E-state index contributed by atoms with van der Waals surface area (Å²) in [5.74, 6) is 0. The lowest BCUT2D eigenvalue weighted by molar-refractivity contribution is 0.829. The second-order valence-corrected chi connectivity index (χ2v) is 9.17. The molecule has 2 nitrogen and oxygen atoms in total. The van der Waals surface area contributed by atoms with E-state index in [0.29, 0.717) is 6.04 Å². The van der Waals surface area contributed by atoms with E-state index in [1.165, 1.54) is 50.0 Å². The Morgan fingerprint density at radius 2 is 1.71 bits per heavy atom. The fraction of sp³-hybridized carbons (Fsp3) is 0.0938. The minimum absolute atomic E-state index is 0.354. The lowest BCUT2D eigenvalue weighted by Gasteiger charge is -2.28. The predicted molar refractivity (Wildman–Crippen MR) is 141 cm³/mol. The third kappa shape index (κ3) is 2.68. The van der Waals surface area contributed by atoms with Crippen molar-refractivity contribution in [3.05, 3.63) is 119 Å². The van der Waals surface area contributed by atoms with Gasteiger partial charge in [0, 0.05) is 22.5 Å². The summed E-state index contributed by atoms with van der Waals surface area (Å²) in [6, 6.07) is 28.9. The van der Waals surface area contributed by atoms with Crippen LogP contribution < -0.4 is 4.90 Å². The normalized spacial score (nSPS) is 17.3. The SMILES string of the molecule is N#Cc1ccc2ccc(-c3ccc(N4c5ccccc5C5=CC=CCC54)cc3)c3c2c1C=CC3. The summed E-state index contributed by atoms with van der Waals surface area (Å²) in [6.07, 6.45) is 12.9. The number of rotatable bonds is 2. The number of hydrogen-bond acceptors (Lipinski definition) is 2. The van der Waals surface area contributed by atoms with Crippen molar-refractivity contribution in [2.45, 2.75) is 18.9 Å². The van der Waals surface area contributed by atoms with Gasteiger partial charge in [0.05, 0.1) is 17.7 Å². The number of benzene rings is 4. The van der Waals surface area contributed by atoms with Gasteiger partial charge in [0.2, 0.25) is 0 Å². The zero-order valence-corrected chi connectivity index (χ0v) is 18.7. The molecule has 0 radical (unpaired) electrons. The van der Waals surface area contributed by atoms with Crippen LogP contribution in [0.2, 0.25) is 0 Å². The summed E-state index contributed by atoms with van der Waals surface area (Å²) in [5, 5.41) is 12.0. The predicted octanol–water partition coefficient (Wildman–Crippen LogP) is 7.81. The highest BCUT2D eigenvalue weighted by Crippen LogP contribution is 2.47. The number of anilines is 2. The highest BCUT2D eigenvalue weighted by atomic mass is 15.2. The number of nitrogens with zero attached hydrogens (tertiary/aromatic N) is 2. The molecule has 2 aliphatic carbocycles. The van der Waals surface area contributed by atoms with E-state index in [1.807, 2.05) is 6.07 Å². The third-order valence-electron chi connectivity index (χ3n) is 7.43. The Balaban J connectivity index is 1.33. The van der Waals surface area contributed by atoms with Gasteiger partial charge in [-0.2, -0.15) is 5.26 Å². The van der Waals surface area contributed by atoms with Crippen molar-refractivity contribution in [3.63, 3.8) is 0 Å². The molecule has 34 heavy (non-hydrogen) atoms. The van der Waals surface area contributed by atoms with E-state index < -0.39 is 0 Å². The molecule has 0 spiro atoms. The zero-order valence-electron chi connectivity index (χ0n) is 18.7. The van der Waals surface area contributed by atoms with Gasteiger partial charge in [-0.25, -0.2) is 0 Å².